The van der Waals surface area contributed by atoms with Crippen molar-refractivity contribution in [1.29, 1.82) is 0 Å². The van der Waals surface area contributed by atoms with Crippen molar-refractivity contribution in [3.8, 4) is 0 Å². The fraction of sp³-hybridized carbons (Fsp3) is 0.904. The van der Waals surface area contributed by atoms with Gasteiger partial charge in [0.1, 0.15) is 13.2 Å². The van der Waals surface area contributed by atoms with E-state index in [4.69, 9.17) is 9.05 Å². The summed E-state index contributed by atoms with van der Waals surface area (Å²) >= 11 is 0. The Morgan fingerprint density at radius 1 is 0.427 bits per heavy atom. The Morgan fingerprint density at radius 2 is 0.707 bits per heavy atom. The van der Waals surface area contributed by atoms with E-state index < -0.39 is 20.0 Å². The summed E-state index contributed by atoms with van der Waals surface area (Å²) in [6.45, 7) is 4.70. The first-order valence-electron chi connectivity index (χ1n) is 36.4. The largest absolute Gasteiger partial charge is 0.756 e. The fourth-order valence-corrected chi connectivity index (χ4v) is 11.9. The van der Waals surface area contributed by atoms with E-state index in [0.29, 0.717) is 17.4 Å². The normalized spacial score (nSPS) is 13.8. The molecular formula is C73H143N2O6P. The van der Waals surface area contributed by atoms with E-state index in [9.17, 15) is 19.4 Å². The first-order chi connectivity index (χ1) is 40.0. The maximum atomic E-state index is 13.0. The number of carbonyl (C=O) groups is 1. The minimum Gasteiger partial charge on any atom is -0.756 e. The summed E-state index contributed by atoms with van der Waals surface area (Å²) in [5.41, 5.74) is 0. The number of rotatable bonds is 68. The molecule has 486 valence electrons. The summed E-state index contributed by atoms with van der Waals surface area (Å²) in [6, 6.07) is -0.886. The number of allylic oxidation sites excluding steroid dienone is 5. The van der Waals surface area contributed by atoms with Crippen molar-refractivity contribution in [2.45, 2.75) is 386 Å². The zero-order valence-electron chi connectivity index (χ0n) is 55.7. The highest BCUT2D eigenvalue weighted by Gasteiger charge is 2.23. The van der Waals surface area contributed by atoms with Crippen molar-refractivity contribution in [3.63, 3.8) is 0 Å². The molecule has 2 N–H and O–H groups in total. The molecule has 0 bridgehead atoms. The second-order valence-corrected chi connectivity index (χ2v) is 27.7. The van der Waals surface area contributed by atoms with Gasteiger partial charge in [-0.3, -0.25) is 9.36 Å². The minimum atomic E-state index is -4.60. The van der Waals surface area contributed by atoms with Gasteiger partial charge in [-0.2, -0.15) is 0 Å². The van der Waals surface area contributed by atoms with Gasteiger partial charge in [0.15, 0.2) is 0 Å². The van der Waals surface area contributed by atoms with Gasteiger partial charge in [0.25, 0.3) is 7.82 Å². The molecule has 8 nitrogen and oxygen atoms in total. The van der Waals surface area contributed by atoms with E-state index in [1.165, 1.54) is 308 Å². The summed E-state index contributed by atoms with van der Waals surface area (Å²) in [6.07, 6.45) is 85.6. The molecule has 0 aliphatic rings. The van der Waals surface area contributed by atoms with Crippen LogP contribution in [0.2, 0.25) is 0 Å². The quantitative estimate of drug-likeness (QED) is 0.0272. The molecular weight excluding hydrogens is 1030 g/mol. The smallest absolute Gasteiger partial charge is 0.268 e. The van der Waals surface area contributed by atoms with Crippen molar-refractivity contribution >= 4 is 13.7 Å². The Labute approximate surface area is 512 Å². The average Bonchev–Trinajstić information content (AvgIpc) is 3.45. The van der Waals surface area contributed by atoms with Gasteiger partial charge < -0.3 is 28.8 Å². The molecule has 0 aliphatic heterocycles. The third-order valence-electron chi connectivity index (χ3n) is 16.8. The van der Waals surface area contributed by atoms with Crippen molar-refractivity contribution in [3.05, 3.63) is 36.5 Å². The summed E-state index contributed by atoms with van der Waals surface area (Å²) in [4.78, 5) is 25.6. The Hall–Kier alpha value is -1.28. The predicted octanol–water partition coefficient (Wildman–Crippen LogP) is 22.6. The van der Waals surface area contributed by atoms with Crippen LogP contribution in [0.25, 0.3) is 0 Å². The summed E-state index contributed by atoms with van der Waals surface area (Å²) < 4.78 is 23.5. The maximum absolute atomic E-state index is 13.0. The molecule has 9 heteroatoms. The standard InChI is InChI=1S/C73H143N2O6P/c1-6-8-10-12-14-16-18-20-22-24-26-28-30-32-33-34-35-36-37-38-39-40-41-43-45-47-49-51-53-55-57-59-61-63-65-67-73(77)74-71(70-81-82(78,79)80-69-68-75(3,4)5)72(76)66-64-62-60-58-56-54-52-50-48-46-44-42-31-29-27-25-23-21-19-17-15-13-11-9-7-2/h18,20,24,26,64,66,71-72,76H,6-17,19,21-23,25,27-63,65,67-70H2,1-5H3,(H-,74,77,78,79)/b20-18-,26-24-,66-64+. The summed E-state index contributed by atoms with van der Waals surface area (Å²) in [5.74, 6) is -0.189. The minimum absolute atomic E-state index is 0.00150. The Morgan fingerprint density at radius 3 is 1.01 bits per heavy atom. The number of carbonyl (C=O) groups excluding carboxylic acids is 1. The molecule has 0 saturated carbocycles. The predicted molar refractivity (Wildman–Crippen MR) is 358 cm³/mol. The van der Waals surface area contributed by atoms with Crippen LogP contribution < -0.4 is 10.2 Å². The molecule has 0 aromatic heterocycles. The summed E-state index contributed by atoms with van der Waals surface area (Å²) in [7, 11) is 1.28. The zero-order chi connectivity index (χ0) is 59.8. The maximum Gasteiger partial charge on any atom is 0.268 e. The topological polar surface area (TPSA) is 108 Å². The van der Waals surface area contributed by atoms with Crippen LogP contribution in [0.3, 0.4) is 0 Å². The number of nitrogens with zero attached hydrogens (tertiary/aromatic N) is 1. The molecule has 3 atom stereocenters. The van der Waals surface area contributed by atoms with Crippen molar-refractivity contribution in [2.24, 2.45) is 0 Å². The van der Waals surface area contributed by atoms with Gasteiger partial charge in [0.05, 0.1) is 39.9 Å². The number of amides is 1. The molecule has 0 radical (unpaired) electrons. The molecule has 0 fully saturated rings. The van der Waals surface area contributed by atoms with E-state index in [0.717, 1.165) is 44.9 Å². The highest BCUT2D eigenvalue weighted by molar-refractivity contribution is 7.45. The molecule has 0 heterocycles. The first-order valence-corrected chi connectivity index (χ1v) is 37.8. The van der Waals surface area contributed by atoms with Crippen molar-refractivity contribution in [2.75, 3.05) is 40.9 Å². The number of phosphoric acid groups is 1. The van der Waals surface area contributed by atoms with Crippen LogP contribution >= 0.6 is 7.82 Å². The van der Waals surface area contributed by atoms with E-state index in [1.807, 2.05) is 27.2 Å². The molecule has 0 aromatic carbocycles. The van der Waals surface area contributed by atoms with Crippen LogP contribution in [-0.4, -0.2) is 68.5 Å². The number of aliphatic hydroxyl groups excluding tert-OH is 1. The van der Waals surface area contributed by atoms with E-state index in [2.05, 4.69) is 43.5 Å². The van der Waals surface area contributed by atoms with Gasteiger partial charge in [0.2, 0.25) is 5.91 Å². The van der Waals surface area contributed by atoms with E-state index in [-0.39, 0.29) is 19.1 Å². The number of likely N-dealkylation sites (N-methyl/N-ethyl adjacent to an activating group) is 1. The number of unbranched alkanes of at least 4 members (excludes halogenated alkanes) is 51. The molecule has 0 saturated heterocycles. The van der Waals surface area contributed by atoms with Crippen molar-refractivity contribution < 1.29 is 32.9 Å². The van der Waals surface area contributed by atoms with Crippen molar-refractivity contribution in [1.82, 2.24) is 5.32 Å². The third-order valence-corrected chi connectivity index (χ3v) is 17.8. The van der Waals surface area contributed by atoms with Crippen LogP contribution in [0.5, 0.6) is 0 Å². The first kappa shape index (κ1) is 80.7. The number of hydrogen-bond donors (Lipinski definition) is 2. The van der Waals surface area contributed by atoms with Crippen LogP contribution in [0, 0.1) is 0 Å². The molecule has 1 amide bonds. The fourth-order valence-electron chi connectivity index (χ4n) is 11.2. The lowest BCUT2D eigenvalue weighted by Gasteiger charge is -2.29. The number of quaternary nitrogens is 1. The second kappa shape index (κ2) is 64.2. The number of phosphoric ester groups is 1. The Kier molecular flexibility index (Phi) is 63.2. The SMILES string of the molecule is CCCCCCC/C=C\C/C=C\CCCCCCCCCCCCCCCCCCCCCCCCCC(=O)NC(COP(=O)([O-])OCC[N+](C)(C)C)C(O)/C=C/CCCCCCCCCCCCCCCCCCCCCCCCC. The lowest BCUT2D eigenvalue weighted by Crippen LogP contribution is -2.45. The van der Waals surface area contributed by atoms with E-state index in [1.54, 1.807) is 6.08 Å². The molecule has 0 spiro atoms. The van der Waals surface area contributed by atoms with Crippen LogP contribution in [-0.2, 0) is 18.4 Å². The van der Waals surface area contributed by atoms with Gasteiger partial charge in [-0.05, 0) is 51.4 Å². The summed E-state index contributed by atoms with van der Waals surface area (Å²) in [5, 5.41) is 14.0. The Balaban J connectivity index is 3.99. The van der Waals surface area contributed by atoms with E-state index >= 15 is 0 Å². The highest BCUT2D eigenvalue weighted by Crippen LogP contribution is 2.38. The van der Waals surface area contributed by atoms with Crippen LogP contribution in [0.4, 0.5) is 0 Å². The second-order valence-electron chi connectivity index (χ2n) is 26.3. The average molecular weight is 1180 g/mol. The van der Waals surface area contributed by atoms with Gasteiger partial charge in [-0.25, -0.2) is 0 Å². The number of nitrogens with one attached hydrogen (secondary N) is 1. The molecule has 3 unspecified atom stereocenters. The van der Waals surface area contributed by atoms with Crippen LogP contribution in [0.1, 0.15) is 373 Å². The number of hydrogen-bond acceptors (Lipinski definition) is 6. The lowest BCUT2D eigenvalue weighted by atomic mass is 10.0. The monoisotopic (exact) mass is 1180 g/mol. The lowest BCUT2D eigenvalue weighted by molar-refractivity contribution is -0.870. The van der Waals surface area contributed by atoms with Gasteiger partial charge in [-0.1, -0.05) is 352 Å². The van der Waals surface area contributed by atoms with Gasteiger partial charge in [0, 0.05) is 6.42 Å². The zero-order valence-corrected chi connectivity index (χ0v) is 56.6. The molecule has 0 aliphatic carbocycles. The van der Waals surface area contributed by atoms with Crippen LogP contribution in [0.15, 0.2) is 36.5 Å². The highest BCUT2D eigenvalue weighted by atomic mass is 31.2. The Bertz CT molecular complexity index is 1430. The molecule has 0 rings (SSSR count). The third kappa shape index (κ3) is 66.2. The molecule has 0 aromatic rings. The number of aliphatic hydroxyl groups is 1. The van der Waals surface area contributed by atoms with Gasteiger partial charge >= 0.3 is 0 Å². The van der Waals surface area contributed by atoms with Gasteiger partial charge in [-0.15, -0.1) is 0 Å². The molecule has 82 heavy (non-hydrogen) atoms.